The molecule has 1 amide bonds. The van der Waals surface area contributed by atoms with Gasteiger partial charge in [-0.2, -0.15) is 0 Å². The van der Waals surface area contributed by atoms with Crippen molar-refractivity contribution >= 4 is 27.5 Å². The Bertz CT molecular complexity index is 409. The van der Waals surface area contributed by atoms with Gasteiger partial charge >= 0.3 is 0 Å². The average Bonchev–Trinajstić information content (AvgIpc) is 2.42. The molecule has 1 aromatic rings. The fourth-order valence-electron chi connectivity index (χ4n) is 2.10. The molecule has 112 valence electrons. The van der Waals surface area contributed by atoms with Crippen LogP contribution in [-0.2, 0) is 4.79 Å². The van der Waals surface area contributed by atoms with Gasteiger partial charge in [0.1, 0.15) is 0 Å². The van der Waals surface area contributed by atoms with Gasteiger partial charge in [0.15, 0.2) is 0 Å². The third-order valence-electron chi connectivity index (χ3n) is 3.37. The Balaban J connectivity index is 2.25. The van der Waals surface area contributed by atoms with E-state index in [1.165, 1.54) is 25.7 Å². The van der Waals surface area contributed by atoms with Gasteiger partial charge in [-0.25, -0.2) is 0 Å². The minimum atomic E-state index is 0.00782. The predicted molar refractivity (Wildman–Crippen MR) is 88.9 cm³/mol. The SMILES string of the molecule is CCCCC(CC)CNCC(=O)Nc1cccc(Br)c1. The minimum Gasteiger partial charge on any atom is -0.325 e. The van der Waals surface area contributed by atoms with Crippen molar-refractivity contribution in [2.45, 2.75) is 39.5 Å². The molecule has 0 saturated carbocycles. The summed E-state index contributed by atoms with van der Waals surface area (Å²) in [5, 5.41) is 6.14. The normalized spacial score (nSPS) is 12.2. The molecule has 0 saturated heterocycles. The van der Waals surface area contributed by atoms with Crippen molar-refractivity contribution in [3.8, 4) is 0 Å². The number of unbranched alkanes of at least 4 members (excludes halogenated alkanes) is 1. The Morgan fingerprint density at radius 1 is 1.35 bits per heavy atom. The Morgan fingerprint density at radius 2 is 2.15 bits per heavy atom. The van der Waals surface area contributed by atoms with Crippen molar-refractivity contribution in [3.63, 3.8) is 0 Å². The standard InChI is InChI=1S/C16H25BrN2O/c1-3-5-7-13(4-2)11-18-12-16(20)19-15-9-6-8-14(17)10-15/h6,8-10,13,18H,3-5,7,11-12H2,1-2H3,(H,19,20). The Kier molecular flexibility index (Phi) is 8.54. The van der Waals surface area contributed by atoms with E-state index >= 15 is 0 Å². The minimum absolute atomic E-state index is 0.00782. The van der Waals surface area contributed by atoms with Gasteiger partial charge in [0.05, 0.1) is 6.54 Å². The molecule has 2 N–H and O–H groups in total. The van der Waals surface area contributed by atoms with Crippen molar-refractivity contribution in [1.29, 1.82) is 0 Å². The maximum atomic E-state index is 11.8. The highest BCUT2D eigenvalue weighted by Crippen LogP contribution is 2.15. The highest BCUT2D eigenvalue weighted by molar-refractivity contribution is 9.10. The summed E-state index contributed by atoms with van der Waals surface area (Å²) in [6.07, 6.45) is 4.91. The number of carbonyl (C=O) groups is 1. The number of benzene rings is 1. The molecule has 0 fully saturated rings. The number of rotatable bonds is 9. The molecule has 1 unspecified atom stereocenters. The molecule has 0 radical (unpaired) electrons. The van der Waals surface area contributed by atoms with Gasteiger partial charge in [0.2, 0.25) is 5.91 Å². The molecular weight excluding hydrogens is 316 g/mol. The summed E-state index contributed by atoms with van der Waals surface area (Å²) in [4.78, 5) is 11.8. The topological polar surface area (TPSA) is 41.1 Å². The van der Waals surface area contributed by atoms with Crippen LogP contribution in [0.5, 0.6) is 0 Å². The van der Waals surface area contributed by atoms with Crippen LogP contribution in [0.25, 0.3) is 0 Å². The molecule has 3 nitrogen and oxygen atoms in total. The second-order valence-corrected chi connectivity index (χ2v) is 6.02. The molecule has 1 aromatic carbocycles. The highest BCUT2D eigenvalue weighted by Gasteiger charge is 2.07. The summed E-state index contributed by atoms with van der Waals surface area (Å²) in [7, 11) is 0. The second kappa shape index (κ2) is 9.94. The van der Waals surface area contributed by atoms with E-state index < -0.39 is 0 Å². The lowest BCUT2D eigenvalue weighted by molar-refractivity contribution is -0.115. The molecule has 0 bridgehead atoms. The fourth-order valence-corrected chi connectivity index (χ4v) is 2.50. The number of carbonyl (C=O) groups excluding carboxylic acids is 1. The fraction of sp³-hybridized carbons (Fsp3) is 0.562. The van der Waals surface area contributed by atoms with Crippen LogP contribution in [0.15, 0.2) is 28.7 Å². The van der Waals surface area contributed by atoms with E-state index in [4.69, 9.17) is 0 Å². The van der Waals surface area contributed by atoms with Gasteiger partial charge in [-0.15, -0.1) is 0 Å². The molecule has 20 heavy (non-hydrogen) atoms. The Morgan fingerprint density at radius 3 is 2.80 bits per heavy atom. The lowest BCUT2D eigenvalue weighted by atomic mass is 9.99. The van der Waals surface area contributed by atoms with Crippen LogP contribution in [0, 0.1) is 5.92 Å². The van der Waals surface area contributed by atoms with Gasteiger partial charge < -0.3 is 10.6 Å². The van der Waals surface area contributed by atoms with E-state index in [9.17, 15) is 4.79 Å². The van der Waals surface area contributed by atoms with E-state index in [1.807, 2.05) is 24.3 Å². The van der Waals surface area contributed by atoms with Gasteiger partial charge in [-0.1, -0.05) is 55.1 Å². The van der Waals surface area contributed by atoms with Crippen LogP contribution in [-0.4, -0.2) is 19.0 Å². The first kappa shape index (κ1) is 17.2. The second-order valence-electron chi connectivity index (χ2n) is 5.11. The van der Waals surface area contributed by atoms with Crippen LogP contribution >= 0.6 is 15.9 Å². The van der Waals surface area contributed by atoms with Crippen molar-refractivity contribution < 1.29 is 4.79 Å². The first-order valence-corrected chi connectivity index (χ1v) is 8.21. The van der Waals surface area contributed by atoms with Crippen molar-refractivity contribution in [3.05, 3.63) is 28.7 Å². The van der Waals surface area contributed by atoms with Crippen LogP contribution in [0.4, 0.5) is 5.69 Å². The first-order chi connectivity index (χ1) is 9.65. The molecule has 0 spiro atoms. The summed E-state index contributed by atoms with van der Waals surface area (Å²) in [5.41, 5.74) is 0.823. The van der Waals surface area contributed by atoms with E-state index in [2.05, 4.69) is 40.4 Å². The maximum Gasteiger partial charge on any atom is 0.238 e. The monoisotopic (exact) mass is 340 g/mol. The van der Waals surface area contributed by atoms with Gasteiger partial charge in [0, 0.05) is 10.2 Å². The summed E-state index contributed by atoms with van der Waals surface area (Å²) < 4.78 is 0.967. The van der Waals surface area contributed by atoms with Crippen molar-refractivity contribution in [2.24, 2.45) is 5.92 Å². The first-order valence-electron chi connectivity index (χ1n) is 7.41. The Hall–Kier alpha value is -0.870. The van der Waals surface area contributed by atoms with Crippen LogP contribution in [0.1, 0.15) is 39.5 Å². The molecular formula is C16H25BrN2O. The summed E-state index contributed by atoms with van der Waals surface area (Å²) in [5.74, 6) is 0.682. The Labute approximate surface area is 130 Å². The molecule has 0 aromatic heterocycles. The van der Waals surface area contributed by atoms with E-state index in [0.717, 1.165) is 16.7 Å². The highest BCUT2D eigenvalue weighted by atomic mass is 79.9. The molecule has 4 heteroatoms. The number of amides is 1. The van der Waals surface area contributed by atoms with Gasteiger partial charge in [-0.05, 0) is 37.1 Å². The summed E-state index contributed by atoms with van der Waals surface area (Å²) >= 11 is 3.39. The molecule has 0 aliphatic carbocycles. The van der Waals surface area contributed by atoms with Crippen LogP contribution < -0.4 is 10.6 Å². The average molecular weight is 341 g/mol. The third kappa shape index (κ3) is 7.06. The smallest absolute Gasteiger partial charge is 0.238 e. The third-order valence-corrected chi connectivity index (χ3v) is 3.86. The zero-order chi connectivity index (χ0) is 14.8. The molecule has 1 rings (SSSR count). The van der Waals surface area contributed by atoms with E-state index in [-0.39, 0.29) is 5.91 Å². The van der Waals surface area contributed by atoms with E-state index in [0.29, 0.717) is 12.5 Å². The number of hydrogen-bond donors (Lipinski definition) is 2. The van der Waals surface area contributed by atoms with Gasteiger partial charge in [-0.3, -0.25) is 4.79 Å². The quantitative estimate of drug-likeness (QED) is 0.707. The van der Waals surface area contributed by atoms with Gasteiger partial charge in [0.25, 0.3) is 0 Å². The van der Waals surface area contributed by atoms with Crippen molar-refractivity contribution in [1.82, 2.24) is 5.32 Å². The van der Waals surface area contributed by atoms with Crippen molar-refractivity contribution in [2.75, 3.05) is 18.4 Å². The lowest BCUT2D eigenvalue weighted by Crippen LogP contribution is -2.31. The number of hydrogen-bond acceptors (Lipinski definition) is 2. The largest absolute Gasteiger partial charge is 0.325 e. The zero-order valence-electron chi connectivity index (χ0n) is 12.4. The maximum absolute atomic E-state index is 11.8. The number of nitrogens with one attached hydrogen (secondary N) is 2. The summed E-state index contributed by atoms with van der Waals surface area (Å²) in [6, 6.07) is 7.63. The molecule has 0 aliphatic heterocycles. The number of anilines is 1. The molecule has 0 aliphatic rings. The van der Waals surface area contributed by atoms with E-state index in [1.54, 1.807) is 0 Å². The zero-order valence-corrected chi connectivity index (χ0v) is 14.0. The summed E-state index contributed by atoms with van der Waals surface area (Å²) in [6.45, 7) is 5.71. The predicted octanol–water partition coefficient (Wildman–Crippen LogP) is 4.19. The lowest BCUT2D eigenvalue weighted by Gasteiger charge is -2.15. The van der Waals surface area contributed by atoms with Crippen LogP contribution in [0.2, 0.25) is 0 Å². The number of halogens is 1. The molecule has 0 heterocycles. The molecule has 1 atom stereocenters. The van der Waals surface area contributed by atoms with Crippen LogP contribution in [0.3, 0.4) is 0 Å².